The Labute approximate surface area is 251 Å². The zero-order chi connectivity index (χ0) is 30.4. The standard InChI is InChI=1S/C33H35N5O4S/c34-32(35)26-15-13-24(14-16-26)21-30(33(40)37-19-7-2-8-20-37)36-31(39)23-38(28-11-3-1-4-12-28)43(41,42)29-18-17-25-9-5-6-10-27(25)22-29/h1,3-6,9-18,22,30H,2,7-8,19-21,23H2,(H3,34,35)(H,36,39)/t30-/m1/s1. The molecule has 1 aliphatic rings. The van der Waals surface area contributed by atoms with Crippen LogP contribution in [0.25, 0.3) is 10.8 Å². The summed E-state index contributed by atoms with van der Waals surface area (Å²) in [5.74, 6) is -0.856. The van der Waals surface area contributed by atoms with Crippen LogP contribution in [-0.4, -0.2) is 56.6 Å². The van der Waals surface area contributed by atoms with Crippen LogP contribution < -0.4 is 15.4 Å². The van der Waals surface area contributed by atoms with E-state index >= 15 is 0 Å². The highest BCUT2D eigenvalue weighted by Crippen LogP contribution is 2.26. The molecule has 1 saturated heterocycles. The van der Waals surface area contributed by atoms with Crippen LogP contribution in [0, 0.1) is 5.41 Å². The summed E-state index contributed by atoms with van der Waals surface area (Å²) in [4.78, 5) is 29.1. The van der Waals surface area contributed by atoms with Gasteiger partial charge in [0.05, 0.1) is 10.6 Å². The van der Waals surface area contributed by atoms with Crippen molar-refractivity contribution in [3.63, 3.8) is 0 Å². The number of anilines is 1. The van der Waals surface area contributed by atoms with E-state index in [2.05, 4.69) is 5.32 Å². The number of fused-ring (bicyclic) bond motifs is 1. The van der Waals surface area contributed by atoms with Gasteiger partial charge in [-0.15, -0.1) is 0 Å². The lowest BCUT2D eigenvalue weighted by atomic mass is 10.0. The second-order valence-corrected chi connectivity index (χ2v) is 12.5. The SMILES string of the molecule is N=C(N)c1ccc(C[C@@H](NC(=O)CN(c2ccccc2)S(=O)(=O)c2ccc3ccccc3c2)C(=O)N2CCCCC2)cc1. The van der Waals surface area contributed by atoms with Gasteiger partial charge in [-0.05, 0) is 59.9 Å². The monoisotopic (exact) mass is 597 g/mol. The van der Waals surface area contributed by atoms with Crippen molar-refractivity contribution in [1.29, 1.82) is 5.41 Å². The van der Waals surface area contributed by atoms with Crippen molar-refractivity contribution in [1.82, 2.24) is 10.2 Å². The first-order valence-corrected chi connectivity index (χ1v) is 15.7. The second-order valence-electron chi connectivity index (χ2n) is 10.7. The minimum Gasteiger partial charge on any atom is -0.384 e. The first-order chi connectivity index (χ1) is 20.7. The van der Waals surface area contributed by atoms with Crippen LogP contribution in [0.15, 0.2) is 102 Å². The topological polar surface area (TPSA) is 137 Å². The number of sulfonamides is 1. The van der Waals surface area contributed by atoms with E-state index in [1.165, 1.54) is 0 Å². The smallest absolute Gasteiger partial charge is 0.264 e. The number of benzene rings is 4. The number of hydrogen-bond donors (Lipinski definition) is 3. The number of nitrogens with two attached hydrogens (primary N) is 1. The van der Waals surface area contributed by atoms with Gasteiger partial charge < -0.3 is 16.0 Å². The first kappa shape index (κ1) is 29.8. The molecule has 0 radical (unpaired) electrons. The molecule has 10 heteroatoms. The average molecular weight is 598 g/mol. The molecule has 4 aromatic carbocycles. The summed E-state index contributed by atoms with van der Waals surface area (Å²) in [7, 11) is -4.14. The Morgan fingerprint density at radius 3 is 2.19 bits per heavy atom. The minimum absolute atomic E-state index is 0.0607. The summed E-state index contributed by atoms with van der Waals surface area (Å²) >= 11 is 0. The van der Waals surface area contributed by atoms with Gasteiger partial charge in [-0.1, -0.05) is 72.8 Å². The maximum Gasteiger partial charge on any atom is 0.264 e. The molecule has 0 aliphatic carbocycles. The molecule has 0 spiro atoms. The molecule has 222 valence electrons. The summed E-state index contributed by atoms with van der Waals surface area (Å²) in [6, 6.07) is 26.9. The molecule has 5 rings (SSSR count). The van der Waals surface area contributed by atoms with E-state index in [0.29, 0.717) is 24.3 Å². The van der Waals surface area contributed by atoms with Gasteiger partial charge in [0.25, 0.3) is 10.0 Å². The van der Waals surface area contributed by atoms with E-state index in [1.54, 1.807) is 77.7 Å². The Hall–Kier alpha value is -4.70. The third-order valence-corrected chi connectivity index (χ3v) is 9.42. The number of nitrogens with zero attached hydrogens (tertiary/aromatic N) is 2. The van der Waals surface area contributed by atoms with E-state index in [4.69, 9.17) is 11.1 Å². The molecule has 43 heavy (non-hydrogen) atoms. The molecule has 0 bridgehead atoms. The number of para-hydroxylation sites is 1. The van der Waals surface area contributed by atoms with Crippen LogP contribution in [-0.2, 0) is 26.0 Å². The first-order valence-electron chi connectivity index (χ1n) is 14.3. The Bertz CT molecular complexity index is 1720. The largest absolute Gasteiger partial charge is 0.384 e. The van der Waals surface area contributed by atoms with Crippen LogP contribution in [0.4, 0.5) is 5.69 Å². The summed E-state index contributed by atoms with van der Waals surface area (Å²) in [6.45, 7) is 0.716. The van der Waals surface area contributed by atoms with Crippen LogP contribution in [0.1, 0.15) is 30.4 Å². The van der Waals surface area contributed by atoms with Crippen LogP contribution in [0.5, 0.6) is 0 Å². The molecule has 0 saturated carbocycles. The molecule has 0 unspecified atom stereocenters. The molecule has 1 atom stereocenters. The maximum atomic E-state index is 14.0. The van der Waals surface area contributed by atoms with Crippen LogP contribution >= 0.6 is 0 Å². The van der Waals surface area contributed by atoms with Crippen molar-refractivity contribution in [2.24, 2.45) is 5.73 Å². The molecule has 1 fully saturated rings. The zero-order valence-corrected chi connectivity index (χ0v) is 24.6. The normalized spacial score (nSPS) is 14.2. The van der Waals surface area contributed by atoms with Crippen molar-refractivity contribution in [2.45, 2.75) is 36.6 Å². The summed E-state index contributed by atoms with van der Waals surface area (Å²) in [5, 5.41) is 12.2. The molecule has 0 aromatic heterocycles. The summed E-state index contributed by atoms with van der Waals surface area (Å²) < 4.78 is 29.1. The molecular weight excluding hydrogens is 562 g/mol. The average Bonchev–Trinajstić information content (AvgIpc) is 3.03. The number of hydrogen-bond acceptors (Lipinski definition) is 5. The minimum atomic E-state index is -4.14. The molecule has 4 aromatic rings. The predicted octanol–water partition coefficient (Wildman–Crippen LogP) is 4.06. The highest BCUT2D eigenvalue weighted by atomic mass is 32.2. The fourth-order valence-corrected chi connectivity index (χ4v) is 6.78. The molecule has 2 amide bonds. The van der Waals surface area contributed by atoms with Gasteiger partial charge in [0, 0.05) is 25.1 Å². The van der Waals surface area contributed by atoms with Gasteiger partial charge in [0.2, 0.25) is 11.8 Å². The van der Waals surface area contributed by atoms with E-state index in [-0.39, 0.29) is 23.1 Å². The number of likely N-dealkylation sites (tertiary alicyclic amines) is 1. The van der Waals surface area contributed by atoms with Gasteiger partial charge in [0.1, 0.15) is 18.4 Å². The summed E-state index contributed by atoms with van der Waals surface area (Å²) in [5.41, 5.74) is 7.27. The Balaban J connectivity index is 1.42. The second kappa shape index (κ2) is 13.1. The Morgan fingerprint density at radius 1 is 0.860 bits per heavy atom. The fourth-order valence-electron chi connectivity index (χ4n) is 5.33. The van der Waals surface area contributed by atoms with Crippen molar-refractivity contribution in [3.8, 4) is 0 Å². The molecule has 1 aliphatic heterocycles. The lowest BCUT2D eigenvalue weighted by Crippen LogP contribution is -2.53. The lowest BCUT2D eigenvalue weighted by Gasteiger charge is -2.31. The predicted molar refractivity (Wildman–Crippen MR) is 168 cm³/mol. The van der Waals surface area contributed by atoms with E-state index in [9.17, 15) is 18.0 Å². The quantitative estimate of drug-likeness (QED) is 0.187. The molecule has 1 heterocycles. The van der Waals surface area contributed by atoms with Crippen LogP contribution in [0.3, 0.4) is 0 Å². The number of carbonyl (C=O) groups is 2. The highest BCUT2D eigenvalue weighted by molar-refractivity contribution is 7.92. The number of nitrogens with one attached hydrogen (secondary N) is 2. The number of rotatable bonds is 10. The Morgan fingerprint density at radius 2 is 1.51 bits per heavy atom. The van der Waals surface area contributed by atoms with E-state index in [1.807, 2.05) is 24.3 Å². The van der Waals surface area contributed by atoms with Crippen molar-refractivity contribution in [3.05, 3.63) is 108 Å². The van der Waals surface area contributed by atoms with Crippen molar-refractivity contribution >= 4 is 44.1 Å². The maximum absolute atomic E-state index is 14.0. The van der Waals surface area contributed by atoms with Crippen molar-refractivity contribution in [2.75, 3.05) is 23.9 Å². The number of amides is 2. The molecule has 9 nitrogen and oxygen atoms in total. The lowest BCUT2D eigenvalue weighted by molar-refractivity contribution is -0.136. The molecule has 4 N–H and O–H groups in total. The number of amidine groups is 1. The highest BCUT2D eigenvalue weighted by Gasteiger charge is 2.31. The zero-order valence-electron chi connectivity index (χ0n) is 23.8. The van der Waals surface area contributed by atoms with Gasteiger partial charge in [-0.2, -0.15) is 0 Å². The number of nitrogen functional groups attached to an aromatic ring is 1. The third kappa shape index (κ3) is 7.03. The van der Waals surface area contributed by atoms with E-state index in [0.717, 1.165) is 39.9 Å². The fraction of sp³-hybridized carbons (Fsp3) is 0.242. The number of carbonyl (C=O) groups excluding carboxylic acids is 2. The summed E-state index contributed by atoms with van der Waals surface area (Å²) in [6.07, 6.45) is 3.05. The van der Waals surface area contributed by atoms with Crippen molar-refractivity contribution < 1.29 is 18.0 Å². The molecular formula is C33H35N5O4S. The van der Waals surface area contributed by atoms with E-state index < -0.39 is 28.5 Å². The van der Waals surface area contributed by atoms with Gasteiger partial charge >= 0.3 is 0 Å². The van der Waals surface area contributed by atoms with Gasteiger partial charge in [0.15, 0.2) is 0 Å². The van der Waals surface area contributed by atoms with Crippen LogP contribution in [0.2, 0.25) is 0 Å². The number of piperidine rings is 1. The van der Waals surface area contributed by atoms with Gasteiger partial charge in [-0.25, -0.2) is 8.42 Å². The Kier molecular flexibility index (Phi) is 9.06. The van der Waals surface area contributed by atoms with Gasteiger partial charge in [-0.3, -0.25) is 19.3 Å². The third-order valence-electron chi connectivity index (χ3n) is 7.65.